The molecular formula is C13H10Cl2N2O3S. The largest absolute Gasteiger partial charge is 0.476 e. The number of carboxylic acid groups (broad SMARTS) is 1. The van der Waals surface area contributed by atoms with E-state index in [1.165, 1.54) is 5.38 Å². The van der Waals surface area contributed by atoms with Gasteiger partial charge >= 0.3 is 5.97 Å². The molecule has 1 aromatic heterocycles. The first-order chi connectivity index (χ1) is 9.88. The van der Waals surface area contributed by atoms with Gasteiger partial charge in [-0.2, -0.15) is 0 Å². The molecule has 0 aliphatic carbocycles. The summed E-state index contributed by atoms with van der Waals surface area (Å²) in [6.07, 6.45) is 0. The number of hydrogen-bond donors (Lipinski definition) is 2. The van der Waals surface area contributed by atoms with Crippen LogP contribution in [0.5, 0.6) is 0 Å². The molecule has 2 rings (SSSR count). The van der Waals surface area contributed by atoms with E-state index in [9.17, 15) is 9.59 Å². The molecule has 0 spiro atoms. The van der Waals surface area contributed by atoms with Crippen molar-refractivity contribution < 1.29 is 14.7 Å². The number of nitrogens with zero attached hydrogens (tertiary/aromatic N) is 1. The van der Waals surface area contributed by atoms with Crippen LogP contribution in [-0.2, 0) is 0 Å². The first-order valence-electron chi connectivity index (χ1n) is 5.83. The van der Waals surface area contributed by atoms with Crippen LogP contribution < -0.4 is 5.32 Å². The summed E-state index contributed by atoms with van der Waals surface area (Å²) in [7, 11) is 0. The second-order valence-electron chi connectivity index (χ2n) is 4.20. The number of nitrogens with one attached hydrogen (secondary N) is 1. The summed E-state index contributed by atoms with van der Waals surface area (Å²) >= 11 is 12.9. The maximum atomic E-state index is 12.0. The Morgan fingerprint density at radius 2 is 2.10 bits per heavy atom. The quantitative estimate of drug-likeness (QED) is 0.887. The van der Waals surface area contributed by atoms with Crippen LogP contribution in [0, 0.1) is 0 Å². The second kappa shape index (κ2) is 6.43. The molecular weight excluding hydrogens is 335 g/mol. The molecule has 110 valence electrons. The number of aromatic carboxylic acids is 1. The van der Waals surface area contributed by atoms with E-state index in [1.54, 1.807) is 25.1 Å². The molecule has 1 heterocycles. The van der Waals surface area contributed by atoms with E-state index in [4.69, 9.17) is 28.3 Å². The van der Waals surface area contributed by atoms with Crippen molar-refractivity contribution in [2.75, 3.05) is 0 Å². The van der Waals surface area contributed by atoms with Gasteiger partial charge in [-0.05, 0) is 24.6 Å². The first-order valence-corrected chi connectivity index (χ1v) is 7.46. The van der Waals surface area contributed by atoms with Gasteiger partial charge in [0.15, 0.2) is 10.7 Å². The standard InChI is InChI=1S/C13H10Cl2N2O3S/c1-6(8-3-2-7(14)4-9(8)15)16-11(18)12-17-10(5-21-12)13(19)20/h2-6H,1H3,(H,16,18)(H,19,20). The van der Waals surface area contributed by atoms with Crippen LogP contribution >= 0.6 is 34.5 Å². The van der Waals surface area contributed by atoms with Crippen LogP contribution in [-0.4, -0.2) is 22.0 Å². The normalized spacial score (nSPS) is 12.0. The van der Waals surface area contributed by atoms with Crippen molar-refractivity contribution in [1.82, 2.24) is 10.3 Å². The van der Waals surface area contributed by atoms with E-state index < -0.39 is 11.9 Å². The highest BCUT2D eigenvalue weighted by Gasteiger charge is 2.18. The van der Waals surface area contributed by atoms with E-state index in [-0.39, 0.29) is 16.7 Å². The zero-order chi connectivity index (χ0) is 15.6. The predicted octanol–water partition coefficient (Wildman–Crippen LogP) is 3.64. The van der Waals surface area contributed by atoms with Gasteiger partial charge in [-0.3, -0.25) is 4.79 Å². The van der Waals surface area contributed by atoms with Crippen molar-refractivity contribution in [2.24, 2.45) is 0 Å². The number of aromatic nitrogens is 1. The fraction of sp³-hybridized carbons (Fsp3) is 0.154. The molecule has 0 bridgehead atoms. The van der Waals surface area contributed by atoms with Crippen LogP contribution in [0.4, 0.5) is 0 Å². The van der Waals surface area contributed by atoms with E-state index in [0.29, 0.717) is 15.6 Å². The molecule has 0 aliphatic heterocycles. The third kappa shape index (κ3) is 3.72. The van der Waals surface area contributed by atoms with E-state index in [2.05, 4.69) is 10.3 Å². The highest BCUT2D eigenvalue weighted by atomic mass is 35.5. The summed E-state index contributed by atoms with van der Waals surface area (Å²) in [5.41, 5.74) is 0.562. The molecule has 1 amide bonds. The average molecular weight is 345 g/mol. The molecule has 21 heavy (non-hydrogen) atoms. The van der Waals surface area contributed by atoms with Gasteiger partial charge in [0.25, 0.3) is 5.91 Å². The number of carboxylic acids is 1. The van der Waals surface area contributed by atoms with Gasteiger partial charge in [0.05, 0.1) is 6.04 Å². The van der Waals surface area contributed by atoms with Crippen molar-refractivity contribution >= 4 is 46.4 Å². The minimum Gasteiger partial charge on any atom is -0.476 e. The summed E-state index contributed by atoms with van der Waals surface area (Å²) in [6.45, 7) is 1.76. The number of hydrogen-bond acceptors (Lipinski definition) is 4. The maximum Gasteiger partial charge on any atom is 0.355 e. The van der Waals surface area contributed by atoms with Crippen LogP contribution in [0.2, 0.25) is 10.0 Å². The minimum atomic E-state index is -1.17. The van der Waals surface area contributed by atoms with Gasteiger partial charge in [0.1, 0.15) is 0 Å². The smallest absolute Gasteiger partial charge is 0.355 e. The van der Waals surface area contributed by atoms with E-state index >= 15 is 0 Å². The summed E-state index contributed by atoms with van der Waals surface area (Å²) < 4.78 is 0. The topological polar surface area (TPSA) is 79.3 Å². The highest BCUT2D eigenvalue weighted by molar-refractivity contribution is 7.11. The van der Waals surface area contributed by atoms with Crippen molar-refractivity contribution in [3.63, 3.8) is 0 Å². The first kappa shape index (κ1) is 15.8. The predicted molar refractivity (Wildman–Crippen MR) is 81.4 cm³/mol. The van der Waals surface area contributed by atoms with Crippen LogP contribution in [0.1, 0.15) is 38.8 Å². The zero-order valence-electron chi connectivity index (χ0n) is 10.8. The van der Waals surface area contributed by atoms with Gasteiger partial charge in [-0.25, -0.2) is 9.78 Å². The molecule has 0 saturated carbocycles. The lowest BCUT2D eigenvalue weighted by atomic mass is 10.1. The molecule has 8 heteroatoms. The number of thiazole rings is 1. The van der Waals surface area contributed by atoms with Gasteiger partial charge in [0, 0.05) is 15.4 Å². The molecule has 0 saturated heterocycles. The Labute approximate surface area is 134 Å². The lowest BCUT2D eigenvalue weighted by Crippen LogP contribution is -2.26. The van der Waals surface area contributed by atoms with Gasteiger partial charge in [-0.1, -0.05) is 29.3 Å². The highest BCUT2D eigenvalue weighted by Crippen LogP contribution is 2.26. The monoisotopic (exact) mass is 344 g/mol. The fourth-order valence-corrected chi connectivity index (χ4v) is 2.93. The Kier molecular flexibility index (Phi) is 4.82. The third-order valence-corrected chi connectivity index (χ3v) is 4.10. The van der Waals surface area contributed by atoms with Crippen molar-refractivity contribution in [3.8, 4) is 0 Å². The number of rotatable bonds is 4. The van der Waals surface area contributed by atoms with Crippen molar-refractivity contribution in [1.29, 1.82) is 0 Å². The summed E-state index contributed by atoms with van der Waals surface area (Å²) in [4.78, 5) is 26.5. The zero-order valence-corrected chi connectivity index (χ0v) is 13.1. The lowest BCUT2D eigenvalue weighted by molar-refractivity contribution is 0.0691. The molecule has 2 N–H and O–H groups in total. The Morgan fingerprint density at radius 3 is 2.67 bits per heavy atom. The summed E-state index contributed by atoms with van der Waals surface area (Å²) in [6, 6.07) is 4.63. The molecule has 1 unspecified atom stereocenters. The minimum absolute atomic E-state index is 0.0873. The summed E-state index contributed by atoms with van der Waals surface area (Å²) in [5, 5.41) is 13.9. The Hall–Kier alpha value is -1.63. The Bertz CT molecular complexity index is 702. The molecule has 5 nitrogen and oxygen atoms in total. The Balaban J connectivity index is 2.12. The van der Waals surface area contributed by atoms with Gasteiger partial charge in [-0.15, -0.1) is 11.3 Å². The molecule has 1 aromatic carbocycles. The Morgan fingerprint density at radius 1 is 1.38 bits per heavy atom. The third-order valence-electron chi connectivity index (χ3n) is 2.69. The molecule has 0 fully saturated rings. The average Bonchev–Trinajstić information content (AvgIpc) is 2.88. The summed E-state index contributed by atoms with van der Waals surface area (Å²) in [5.74, 6) is -1.62. The number of carbonyl (C=O) groups excluding carboxylic acids is 1. The number of carbonyl (C=O) groups is 2. The maximum absolute atomic E-state index is 12.0. The van der Waals surface area contributed by atoms with Crippen molar-refractivity contribution in [2.45, 2.75) is 13.0 Å². The fourth-order valence-electron chi connectivity index (χ4n) is 1.67. The molecule has 1 atom stereocenters. The van der Waals surface area contributed by atoms with Gasteiger partial charge < -0.3 is 10.4 Å². The van der Waals surface area contributed by atoms with Crippen LogP contribution in [0.3, 0.4) is 0 Å². The van der Waals surface area contributed by atoms with Gasteiger partial charge in [0.2, 0.25) is 0 Å². The number of halogens is 2. The van der Waals surface area contributed by atoms with E-state index in [1.807, 2.05) is 0 Å². The lowest BCUT2D eigenvalue weighted by Gasteiger charge is -2.15. The molecule has 2 aromatic rings. The number of amides is 1. The second-order valence-corrected chi connectivity index (χ2v) is 5.91. The molecule has 0 radical (unpaired) electrons. The number of benzene rings is 1. The van der Waals surface area contributed by atoms with Crippen molar-refractivity contribution in [3.05, 3.63) is 49.9 Å². The van der Waals surface area contributed by atoms with E-state index in [0.717, 1.165) is 11.3 Å². The van der Waals surface area contributed by atoms with Crippen LogP contribution in [0.25, 0.3) is 0 Å². The molecule has 0 aliphatic rings. The SMILES string of the molecule is CC(NC(=O)c1nc(C(=O)O)cs1)c1ccc(Cl)cc1Cl. The van der Waals surface area contributed by atoms with Crippen LogP contribution in [0.15, 0.2) is 23.6 Å².